The molecule has 0 saturated heterocycles. The van der Waals surface area contributed by atoms with Gasteiger partial charge in [0, 0.05) is 22.8 Å². The highest BCUT2D eigenvalue weighted by atomic mass is 35.5. The van der Waals surface area contributed by atoms with E-state index in [1.54, 1.807) is 0 Å². The standard InChI is InChI=1S/C26H24ClNO/c1-18-7-10-20(11-8-18)17-29-26-14-12-21-5-3-4-6-23(21)24(26)16-28-25-15-22(27)13-9-19(25)2/h3-15,28H,16-17H2,1-2H3. The summed E-state index contributed by atoms with van der Waals surface area (Å²) in [6, 6.07) is 27.0. The number of ether oxygens (including phenoxy) is 1. The van der Waals surface area contributed by atoms with Crippen LogP contribution in [0.1, 0.15) is 22.3 Å². The summed E-state index contributed by atoms with van der Waals surface area (Å²) in [5, 5.41) is 6.67. The highest BCUT2D eigenvalue weighted by Crippen LogP contribution is 2.30. The Bertz CT molecular complexity index is 1140. The largest absolute Gasteiger partial charge is 0.489 e. The summed E-state index contributed by atoms with van der Waals surface area (Å²) in [7, 11) is 0. The van der Waals surface area contributed by atoms with E-state index in [2.05, 4.69) is 79.8 Å². The fraction of sp³-hybridized carbons (Fsp3) is 0.154. The maximum absolute atomic E-state index is 6.25. The van der Waals surface area contributed by atoms with Crippen molar-refractivity contribution < 1.29 is 4.74 Å². The summed E-state index contributed by atoms with van der Waals surface area (Å²) in [4.78, 5) is 0. The molecular formula is C26H24ClNO. The van der Waals surface area contributed by atoms with Gasteiger partial charge in [-0.15, -0.1) is 0 Å². The summed E-state index contributed by atoms with van der Waals surface area (Å²) >= 11 is 6.19. The van der Waals surface area contributed by atoms with Gasteiger partial charge in [0.15, 0.2) is 0 Å². The number of benzene rings is 4. The second kappa shape index (κ2) is 8.59. The average Bonchev–Trinajstić information content (AvgIpc) is 2.74. The van der Waals surface area contributed by atoms with Gasteiger partial charge in [-0.1, -0.05) is 77.8 Å². The Morgan fingerprint density at radius 3 is 2.48 bits per heavy atom. The van der Waals surface area contributed by atoms with Crippen LogP contribution in [0, 0.1) is 13.8 Å². The number of hydrogen-bond acceptors (Lipinski definition) is 2. The van der Waals surface area contributed by atoms with Crippen LogP contribution in [0.3, 0.4) is 0 Å². The van der Waals surface area contributed by atoms with Crippen LogP contribution in [0.25, 0.3) is 10.8 Å². The molecule has 0 radical (unpaired) electrons. The van der Waals surface area contributed by atoms with E-state index in [1.165, 1.54) is 16.3 Å². The van der Waals surface area contributed by atoms with Crippen LogP contribution in [0.4, 0.5) is 5.69 Å². The third-order valence-corrected chi connectivity index (χ3v) is 5.40. The van der Waals surface area contributed by atoms with Gasteiger partial charge < -0.3 is 10.1 Å². The number of hydrogen-bond donors (Lipinski definition) is 1. The maximum Gasteiger partial charge on any atom is 0.125 e. The zero-order valence-electron chi connectivity index (χ0n) is 16.7. The van der Waals surface area contributed by atoms with Gasteiger partial charge in [0.1, 0.15) is 12.4 Å². The van der Waals surface area contributed by atoms with Gasteiger partial charge in [-0.05, 0) is 53.9 Å². The number of fused-ring (bicyclic) bond motifs is 1. The fourth-order valence-electron chi connectivity index (χ4n) is 3.45. The van der Waals surface area contributed by atoms with Crippen LogP contribution in [0.2, 0.25) is 5.02 Å². The van der Waals surface area contributed by atoms with E-state index >= 15 is 0 Å². The SMILES string of the molecule is Cc1ccc(COc2ccc3ccccc3c2CNc2cc(Cl)ccc2C)cc1. The molecule has 0 aliphatic carbocycles. The lowest BCUT2D eigenvalue weighted by atomic mass is 10.0. The van der Waals surface area contributed by atoms with Gasteiger partial charge >= 0.3 is 0 Å². The van der Waals surface area contributed by atoms with Crippen molar-refractivity contribution in [2.75, 3.05) is 5.32 Å². The lowest BCUT2D eigenvalue weighted by molar-refractivity contribution is 0.304. The predicted molar refractivity (Wildman–Crippen MR) is 123 cm³/mol. The van der Waals surface area contributed by atoms with E-state index in [4.69, 9.17) is 16.3 Å². The second-order valence-corrected chi connectivity index (χ2v) is 7.79. The first kappa shape index (κ1) is 19.4. The van der Waals surface area contributed by atoms with Crippen molar-refractivity contribution >= 4 is 28.1 Å². The minimum Gasteiger partial charge on any atom is -0.489 e. The van der Waals surface area contributed by atoms with E-state index in [-0.39, 0.29) is 0 Å². The summed E-state index contributed by atoms with van der Waals surface area (Å²) in [6.45, 7) is 5.37. The van der Waals surface area contributed by atoms with Crippen molar-refractivity contribution in [2.24, 2.45) is 0 Å². The van der Waals surface area contributed by atoms with Crippen molar-refractivity contribution in [3.8, 4) is 5.75 Å². The minimum atomic E-state index is 0.543. The molecule has 0 atom stereocenters. The Hall–Kier alpha value is -2.97. The molecule has 0 fully saturated rings. The molecule has 0 aliphatic rings. The lowest BCUT2D eigenvalue weighted by Gasteiger charge is -2.17. The van der Waals surface area contributed by atoms with E-state index in [9.17, 15) is 0 Å². The lowest BCUT2D eigenvalue weighted by Crippen LogP contribution is -2.05. The summed E-state index contributed by atoms with van der Waals surface area (Å²) in [5.74, 6) is 0.899. The second-order valence-electron chi connectivity index (χ2n) is 7.35. The quantitative estimate of drug-likeness (QED) is 0.366. The predicted octanol–water partition coefficient (Wildman–Crippen LogP) is 7.30. The van der Waals surface area contributed by atoms with Crippen LogP contribution >= 0.6 is 11.6 Å². The summed E-state index contributed by atoms with van der Waals surface area (Å²) in [5.41, 5.74) is 5.76. The Kier molecular flexibility index (Phi) is 5.73. The monoisotopic (exact) mass is 401 g/mol. The molecule has 0 saturated carbocycles. The molecule has 4 aromatic rings. The Balaban J connectivity index is 1.63. The highest BCUT2D eigenvalue weighted by molar-refractivity contribution is 6.30. The molecule has 0 heterocycles. The number of halogens is 1. The van der Waals surface area contributed by atoms with Gasteiger partial charge in [-0.25, -0.2) is 0 Å². The first-order chi connectivity index (χ1) is 14.1. The van der Waals surface area contributed by atoms with Gasteiger partial charge in [0.05, 0.1) is 0 Å². The third kappa shape index (κ3) is 4.55. The molecule has 146 valence electrons. The fourth-order valence-corrected chi connectivity index (χ4v) is 3.62. The van der Waals surface area contributed by atoms with Crippen LogP contribution in [0.5, 0.6) is 5.75 Å². The molecule has 3 heteroatoms. The normalized spacial score (nSPS) is 10.9. The molecular weight excluding hydrogens is 378 g/mol. The van der Waals surface area contributed by atoms with Gasteiger partial charge in [0.2, 0.25) is 0 Å². The first-order valence-electron chi connectivity index (χ1n) is 9.79. The minimum absolute atomic E-state index is 0.543. The molecule has 29 heavy (non-hydrogen) atoms. The highest BCUT2D eigenvalue weighted by Gasteiger charge is 2.10. The van der Waals surface area contributed by atoms with Crippen molar-refractivity contribution in [1.82, 2.24) is 0 Å². The van der Waals surface area contributed by atoms with Crippen LogP contribution in [0.15, 0.2) is 78.9 Å². The molecule has 0 aliphatic heterocycles. The summed E-state index contributed by atoms with van der Waals surface area (Å²) in [6.07, 6.45) is 0. The van der Waals surface area contributed by atoms with Gasteiger partial charge in [0.25, 0.3) is 0 Å². The Morgan fingerprint density at radius 1 is 0.862 bits per heavy atom. The Labute approximate surface area is 177 Å². The van der Waals surface area contributed by atoms with Gasteiger partial charge in [-0.3, -0.25) is 0 Å². The van der Waals surface area contributed by atoms with Crippen molar-refractivity contribution in [3.05, 3.63) is 106 Å². The van der Waals surface area contributed by atoms with Crippen LogP contribution in [-0.2, 0) is 13.2 Å². The van der Waals surface area contributed by atoms with E-state index in [0.29, 0.717) is 13.2 Å². The molecule has 0 spiro atoms. The number of nitrogens with one attached hydrogen (secondary N) is 1. The molecule has 0 aromatic heterocycles. The molecule has 1 N–H and O–H groups in total. The van der Waals surface area contributed by atoms with E-state index < -0.39 is 0 Å². The summed E-state index contributed by atoms with van der Waals surface area (Å²) < 4.78 is 6.25. The smallest absolute Gasteiger partial charge is 0.125 e. The third-order valence-electron chi connectivity index (χ3n) is 5.17. The molecule has 0 amide bonds. The molecule has 0 bridgehead atoms. The maximum atomic E-state index is 6.25. The van der Waals surface area contributed by atoms with Gasteiger partial charge in [-0.2, -0.15) is 0 Å². The van der Waals surface area contributed by atoms with Crippen LogP contribution < -0.4 is 10.1 Å². The van der Waals surface area contributed by atoms with Crippen molar-refractivity contribution in [3.63, 3.8) is 0 Å². The first-order valence-corrected chi connectivity index (χ1v) is 10.2. The molecule has 2 nitrogen and oxygen atoms in total. The Morgan fingerprint density at radius 2 is 1.66 bits per heavy atom. The van der Waals surface area contributed by atoms with Crippen molar-refractivity contribution in [2.45, 2.75) is 27.0 Å². The molecule has 4 aromatic carbocycles. The van der Waals surface area contributed by atoms with E-state index in [0.717, 1.165) is 33.1 Å². The zero-order chi connectivity index (χ0) is 20.2. The number of anilines is 1. The average molecular weight is 402 g/mol. The zero-order valence-corrected chi connectivity index (χ0v) is 17.5. The number of rotatable bonds is 6. The molecule has 4 rings (SSSR count). The van der Waals surface area contributed by atoms with Crippen molar-refractivity contribution in [1.29, 1.82) is 0 Å². The topological polar surface area (TPSA) is 21.3 Å². The molecule has 0 unspecified atom stereocenters. The van der Waals surface area contributed by atoms with E-state index in [1.807, 2.05) is 18.2 Å². The number of aryl methyl sites for hydroxylation is 2. The van der Waals surface area contributed by atoms with Crippen LogP contribution in [-0.4, -0.2) is 0 Å².